The molecule has 1 saturated heterocycles. The Hall–Kier alpha value is -0.750. The lowest BCUT2D eigenvalue weighted by molar-refractivity contribution is -0.384. The maximum atomic E-state index is 11.2. The third kappa shape index (κ3) is 3.17. The van der Waals surface area contributed by atoms with E-state index in [4.69, 9.17) is 0 Å². The second-order valence-corrected chi connectivity index (χ2v) is 5.95. The Morgan fingerprint density at radius 3 is 2.94 bits per heavy atom. The molecule has 0 aliphatic carbocycles. The van der Waals surface area contributed by atoms with E-state index >= 15 is 0 Å². The van der Waals surface area contributed by atoms with Gasteiger partial charge in [-0.05, 0) is 23.8 Å². The Balaban J connectivity index is 2.32. The van der Waals surface area contributed by atoms with Crippen LogP contribution in [0, 0.1) is 10.1 Å². The predicted molar refractivity (Wildman–Crippen MR) is 79.9 cm³/mol. The third-order valence-electron chi connectivity index (χ3n) is 2.95. The Labute approximate surface area is 119 Å². The summed E-state index contributed by atoms with van der Waals surface area (Å²) in [5.74, 6) is 2.18. The van der Waals surface area contributed by atoms with E-state index in [2.05, 4.69) is 20.8 Å². The molecule has 0 N–H and O–H groups in total. The molecule has 1 heterocycles. The zero-order valence-electron chi connectivity index (χ0n) is 9.97. The summed E-state index contributed by atoms with van der Waals surface area (Å²) in [5.41, 5.74) is 1.92. The van der Waals surface area contributed by atoms with Gasteiger partial charge in [-0.15, -0.1) is 0 Å². The van der Waals surface area contributed by atoms with Crippen LogP contribution in [0.4, 0.5) is 11.4 Å². The van der Waals surface area contributed by atoms with Gasteiger partial charge in [-0.1, -0.05) is 22.0 Å². The first-order chi connectivity index (χ1) is 8.72. The minimum Gasteiger partial charge on any atom is -0.365 e. The van der Waals surface area contributed by atoms with Gasteiger partial charge in [0.05, 0.1) is 4.92 Å². The zero-order chi connectivity index (χ0) is 13.0. The van der Waals surface area contributed by atoms with E-state index in [0.717, 1.165) is 42.3 Å². The molecule has 4 nitrogen and oxygen atoms in total. The molecule has 0 unspecified atom stereocenters. The molecule has 0 radical (unpaired) electrons. The lowest BCUT2D eigenvalue weighted by Crippen LogP contribution is -2.26. The van der Waals surface area contributed by atoms with Gasteiger partial charge in [0.15, 0.2) is 0 Å². The molecule has 18 heavy (non-hydrogen) atoms. The molecule has 0 spiro atoms. The fourth-order valence-corrected chi connectivity index (χ4v) is 3.29. The molecule has 0 aromatic heterocycles. The van der Waals surface area contributed by atoms with E-state index in [1.807, 2.05) is 23.9 Å². The average molecular weight is 331 g/mol. The summed E-state index contributed by atoms with van der Waals surface area (Å²) >= 11 is 5.25. The summed E-state index contributed by atoms with van der Waals surface area (Å²) in [6, 6.07) is 5.50. The van der Waals surface area contributed by atoms with E-state index in [9.17, 15) is 10.1 Å². The van der Waals surface area contributed by atoms with Crippen molar-refractivity contribution >= 4 is 39.1 Å². The molecule has 98 valence electrons. The summed E-state index contributed by atoms with van der Waals surface area (Å²) in [4.78, 5) is 13.0. The largest absolute Gasteiger partial charge is 0.365 e. The van der Waals surface area contributed by atoms with E-state index in [1.165, 1.54) is 0 Å². The summed E-state index contributed by atoms with van der Waals surface area (Å²) < 4.78 is 0. The average Bonchev–Trinajstić information content (AvgIpc) is 2.66. The number of halogens is 1. The Kier molecular flexibility index (Phi) is 4.88. The molecule has 1 fully saturated rings. The van der Waals surface area contributed by atoms with Crippen molar-refractivity contribution in [1.82, 2.24) is 0 Å². The first-order valence-corrected chi connectivity index (χ1v) is 8.16. The second-order valence-electron chi connectivity index (χ2n) is 4.17. The number of rotatable bonds is 3. The van der Waals surface area contributed by atoms with Gasteiger partial charge in [0.2, 0.25) is 0 Å². The van der Waals surface area contributed by atoms with Gasteiger partial charge in [-0.2, -0.15) is 11.8 Å². The number of nitro groups is 1. The lowest BCUT2D eigenvalue weighted by Gasteiger charge is -2.22. The van der Waals surface area contributed by atoms with Gasteiger partial charge in [0.1, 0.15) is 5.69 Å². The minimum absolute atomic E-state index is 0.221. The van der Waals surface area contributed by atoms with Crippen LogP contribution >= 0.6 is 27.7 Å². The maximum Gasteiger partial charge on any atom is 0.292 e. The molecule has 0 bridgehead atoms. The highest BCUT2D eigenvalue weighted by Crippen LogP contribution is 2.31. The lowest BCUT2D eigenvalue weighted by atomic mass is 10.1. The van der Waals surface area contributed by atoms with Crippen molar-refractivity contribution < 1.29 is 4.92 Å². The quantitative estimate of drug-likeness (QED) is 0.484. The van der Waals surface area contributed by atoms with Crippen molar-refractivity contribution in [1.29, 1.82) is 0 Å². The number of alkyl halides is 1. The standard InChI is InChI=1S/C12H15BrN2O2S/c13-9-10-2-3-11(12(8-10)15(16)17)14-4-1-6-18-7-5-14/h2-3,8H,1,4-7,9H2. The fourth-order valence-electron chi connectivity index (χ4n) is 2.05. The number of thioether (sulfide) groups is 1. The Bertz CT molecular complexity index is 434. The SMILES string of the molecule is O=[N+]([O-])c1cc(CBr)ccc1N1CCCSCC1. The summed E-state index contributed by atoms with van der Waals surface area (Å²) in [6.45, 7) is 1.79. The van der Waals surface area contributed by atoms with Crippen molar-refractivity contribution in [3.05, 3.63) is 33.9 Å². The van der Waals surface area contributed by atoms with Crippen molar-refractivity contribution in [2.75, 3.05) is 29.5 Å². The smallest absolute Gasteiger partial charge is 0.292 e. The molecule has 6 heteroatoms. The third-order valence-corrected chi connectivity index (χ3v) is 4.65. The highest BCUT2D eigenvalue weighted by Gasteiger charge is 2.20. The number of nitrogens with zero attached hydrogens (tertiary/aromatic N) is 2. The van der Waals surface area contributed by atoms with Crippen LogP contribution < -0.4 is 4.90 Å². The topological polar surface area (TPSA) is 46.4 Å². The van der Waals surface area contributed by atoms with Crippen LogP contribution in [0.1, 0.15) is 12.0 Å². The first-order valence-electron chi connectivity index (χ1n) is 5.88. The minimum atomic E-state index is -0.278. The molecule has 1 aromatic carbocycles. The predicted octanol–water partition coefficient (Wildman–Crippen LogP) is 3.43. The number of nitro benzene ring substituents is 1. The Morgan fingerprint density at radius 2 is 2.22 bits per heavy atom. The van der Waals surface area contributed by atoms with Gasteiger partial charge in [-0.3, -0.25) is 10.1 Å². The first kappa shape index (κ1) is 13.7. The summed E-state index contributed by atoms with van der Waals surface area (Å²) in [6.07, 6.45) is 1.09. The van der Waals surface area contributed by atoms with Gasteiger partial charge >= 0.3 is 0 Å². The number of hydrogen-bond acceptors (Lipinski definition) is 4. The molecular formula is C12H15BrN2O2S. The van der Waals surface area contributed by atoms with Crippen LogP contribution in [0.3, 0.4) is 0 Å². The molecule has 1 aliphatic heterocycles. The summed E-state index contributed by atoms with van der Waals surface area (Å²) in [5, 5.41) is 11.8. The van der Waals surface area contributed by atoms with E-state index < -0.39 is 0 Å². The molecular weight excluding hydrogens is 316 g/mol. The molecule has 0 atom stereocenters. The van der Waals surface area contributed by atoms with Crippen LogP contribution in [-0.2, 0) is 5.33 Å². The van der Waals surface area contributed by atoms with Gasteiger partial charge < -0.3 is 4.90 Å². The second kappa shape index (κ2) is 6.43. The van der Waals surface area contributed by atoms with Crippen LogP contribution in [0.5, 0.6) is 0 Å². The van der Waals surface area contributed by atoms with Crippen molar-refractivity contribution in [3.8, 4) is 0 Å². The van der Waals surface area contributed by atoms with Gasteiger partial charge in [0.25, 0.3) is 5.69 Å². The van der Waals surface area contributed by atoms with E-state index in [-0.39, 0.29) is 10.6 Å². The normalized spacial score (nSPS) is 16.4. The molecule has 0 saturated carbocycles. The number of hydrogen-bond donors (Lipinski definition) is 0. The maximum absolute atomic E-state index is 11.2. The van der Waals surface area contributed by atoms with Gasteiger partial charge in [-0.25, -0.2) is 0 Å². The van der Waals surface area contributed by atoms with Crippen LogP contribution in [-0.4, -0.2) is 29.5 Å². The van der Waals surface area contributed by atoms with Crippen LogP contribution in [0.2, 0.25) is 0 Å². The van der Waals surface area contributed by atoms with E-state index in [1.54, 1.807) is 6.07 Å². The fraction of sp³-hybridized carbons (Fsp3) is 0.500. The summed E-state index contributed by atoms with van der Waals surface area (Å²) in [7, 11) is 0. The van der Waals surface area contributed by atoms with Crippen LogP contribution in [0.15, 0.2) is 18.2 Å². The number of benzene rings is 1. The highest BCUT2D eigenvalue weighted by molar-refractivity contribution is 9.08. The molecule has 1 aliphatic rings. The Morgan fingerprint density at radius 1 is 1.39 bits per heavy atom. The zero-order valence-corrected chi connectivity index (χ0v) is 12.4. The molecule has 2 rings (SSSR count). The number of anilines is 1. The van der Waals surface area contributed by atoms with Crippen molar-refractivity contribution in [3.63, 3.8) is 0 Å². The molecule has 1 aromatic rings. The van der Waals surface area contributed by atoms with Crippen LogP contribution in [0.25, 0.3) is 0 Å². The van der Waals surface area contributed by atoms with Gasteiger partial charge in [0, 0.05) is 30.2 Å². The monoisotopic (exact) mass is 330 g/mol. The van der Waals surface area contributed by atoms with Crippen molar-refractivity contribution in [2.45, 2.75) is 11.8 Å². The van der Waals surface area contributed by atoms with Crippen molar-refractivity contribution in [2.24, 2.45) is 0 Å². The van der Waals surface area contributed by atoms with E-state index in [0.29, 0.717) is 5.33 Å². The molecule has 0 amide bonds. The highest BCUT2D eigenvalue weighted by atomic mass is 79.9.